The molecule has 1 aromatic rings. The summed E-state index contributed by atoms with van der Waals surface area (Å²) in [5.74, 6) is -0.0711. The van der Waals surface area contributed by atoms with E-state index in [1.807, 2.05) is 30.3 Å². The van der Waals surface area contributed by atoms with Crippen LogP contribution < -0.4 is 4.90 Å². The molecule has 4 nitrogen and oxygen atoms in total. The lowest BCUT2D eigenvalue weighted by Crippen LogP contribution is -2.38. The molecule has 1 amide bonds. The zero-order chi connectivity index (χ0) is 12.8. The Labute approximate surface area is 104 Å². The fourth-order valence-corrected chi connectivity index (χ4v) is 2.35. The summed E-state index contributed by atoms with van der Waals surface area (Å²) in [6, 6.07) is 9.19. The smallest absolute Gasteiger partial charge is 0.242 e. The second-order valence-electron chi connectivity index (χ2n) is 3.68. The van der Waals surface area contributed by atoms with Crippen molar-refractivity contribution < 1.29 is 14.1 Å². The normalized spacial score (nSPS) is 14.1. The van der Waals surface area contributed by atoms with Crippen LogP contribution >= 0.6 is 0 Å². The van der Waals surface area contributed by atoms with E-state index in [1.165, 1.54) is 4.90 Å². The highest BCUT2D eigenvalue weighted by Gasteiger charge is 2.23. The molecular formula is C12H17NO3S. The molecular weight excluding hydrogens is 238 g/mol. The van der Waals surface area contributed by atoms with Gasteiger partial charge in [0.25, 0.3) is 0 Å². The molecule has 0 spiro atoms. The number of para-hydroxylation sites is 1. The predicted octanol–water partition coefficient (Wildman–Crippen LogP) is 0.779. The number of nitrogens with zero attached hydrogens (tertiary/aromatic N) is 1. The summed E-state index contributed by atoms with van der Waals surface area (Å²) in [5.41, 5.74) is 0.769. The second-order valence-corrected chi connectivity index (χ2v) is 5.56. The van der Waals surface area contributed by atoms with Crippen molar-refractivity contribution in [3.8, 4) is 0 Å². The van der Waals surface area contributed by atoms with Crippen LogP contribution in [-0.4, -0.2) is 39.9 Å². The van der Waals surface area contributed by atoms with Gasteiger partial charge in [-0.15, -0.1) is 0 Å². The fourth-order valence-electron chi connectivity index (χ4n) is 1.43. The van der Waals surface area contributed by atoms with E-state index in [0.29, 0.717) is 0 Å². The van der Waals surface area contributed by atoms with Crippen LogP contribution in [0, 0.1) is 0 Å². The first-order valence-corrected chi connectivity index (χ1v) is 6.76. The number of rotatable bonds is 5. The third kappa shape index (κ3) is 3.64. The van der Waals surface area contributed by atoms with Crippen molar-refractivity contribution in [2.45, 2.75) is 12.2 Å². The van der Waals surface area contributed by atoms with E-state index in [1.54, 1.807) is 14.0 Å². The van der Waals surface area contributed by atoms with E-state index in [9.17, 15) is 9.00 Å². The van der Waals surface area contributed by atoms with E-state index < -0.39 is 16.0 Å². The van der Waals surface area contributed by atoms with Crippen LogP contribution in [0.25, 0.3) is 0 Å². The van der Waals surface area contributed by atoms with Crippen molar-refractivity contribution in [1.29, 1.82) is 0 Å². The highest BCUT2D eigenvalue weighted by Crippen LogP contribution is 2.13. The topological polar surface area (TPSA) is 57.6 Å². The maximum absolute atomic E-state index is 12.0. The molecule has 17 heavy (non-hydrogen) atoms. The largest absolute Gasteiger partial charge is 0.395 e. The Kier molecular flexibility index (Phi) is 5.31. The molecule has 0 aliphatic rings. The molecule has 0 fully saturated rings. The maximum atomic E-state index is 12.0. The third-order valence-corrected chi connectivity index (χ3v) is 4.08. The van der Waals surface area contributed by atoms with E-state index in [0.717, 1.165) is 5.69 Å². The van der Waals surface area contributed by atoms with Crippen LogP contribution in [0.1, 0.15) is 6.92 Å². The first-order valence-electron chi connectivity index (χ1n) is 5.38. The molecule has 0 saturated heterocycles. The number of carbonyl (C=O) groups is 1. The molecule has 1 rings (SSSR count). The van der Waals surface area contributed by atoms with Gasteiger partial charge in [-0.25, -0.2) is 0 Å². The lowest BCUT2D eigenvalue weighted by Gasteiger charge is -2.20. The summed E-state index contributed by atoms with van der Waals surface area (Å²) >= 11 is 0. The standard InChI is InChI=1S/C12H17NO3S/c1-10(17(16)9-8-14)12(15)13(2)11-6-4-3-5-7-11/h3-7,10,14H,8-9H2,1-2H3. The van der Waals surface area contributed by atoms with Crippen LogP contribution in [0.4, 0.5) is 5.69 Å². The second kappa shape index (κ2) is 6.51. The van der Waals surface area contributed by atoms with Gasteiger partial charge in [-0.2, -0.15) is 0 Å². The Bertz CT molecular complexity index is 394. The van der Waals surface area contributed by atoms with Gasteiger partial charge < -0.3 is 10.0 Å². The number of benzene rings is 1. The van der Waals surface area contributed by atoms with Crippen molar-refractivity contribution in [2.24, 2.45) is 0 Å². The van der Waals surface area contributed by atoms with Gasteiger partial charge in [0.15, 0.2) is 0 Å². The van der Waals surface area contributed by atoms with Crippen LogP contribution in [0.3, 0.4) is 0 Å². The van der Waals surface area contributed by atoms with Gasteiger partial charge in [-0.1, -0.05) is 18.2 Å². The molecule has 0 radical (unpaired) electrons. The van der Waals surface area contributed by atoms with Crippen LogP contribution in [-0.2, 0) is 15.6 Å². The minimum absolute atomic E-state index is 0.134. The number of carbonyl (C=O) groups excluding carboxylic acids is 1. The highest BCUT2D eigenvalue weighted by atomic mass is 32.2. The van der Waals surface area contributed by atoms with Gasteiger partial charge in [-0.05, 0) is 19.1 Å². The molecule has 1 N–H and O–H groups in total. The minimum Gasteiger partial charge on any atom is -0.395 e. The van der Waals surface area contributed by atoms with Crippen LogP contribution in [0.2, 0.25) is 0 Å². The fraction of sp³-hybridized carbons (Fsp3) is 0.417. The Balaban J connectivity index is 2.73. The number of aliphatic hydroxyl groups is 1. The monoisotopic (exact) mass is 255 g/mol. The predicted molar refractivity (Wildman–Crippen MR) is 69.4 cm³/mol. The summed E-state index contributed by atoms with van der Waals surface area (Å²) in [4.78, 5) is 13.5. The summed E-state index contributed by atoms with van der Waals surface area (Å²) < 4.78 is 11.6. The van der Waals surface area contributed by atoms with Crippen molar-refractivity contribution >= 4 is 22.4 Å². The van der Waals surface area contributed by atoms with Crippen molar-refractivity contribution in [3.05, 3.63) is 30.3 Å². The number of amides is 1. The molecule has 0 heterocycles. The van der Waals surface area contributed by atoms with Gasteiger partial charge in [0.1, 0.15) is 5.25 Å². The van der Waals surface area contributed by atoms with Gasteiger partial charge in [-0.3, -0.25) is 9.00 Å². The Morgan fingerprint density at radius 1 is 1.41 bits per heavy atom. The van der Waals surface area contributed by atoms with Crippen LogP contribution in [0.5, 0.6) is 0 Å². The maximum Gasteiger partial charge on any atom is 0.242 e. The van der Waals surface area contributed by atoms with E-state index in [4.69, 9.17) is 5.11 Å². The zero-order valence-electron chi connectivity index (χ0n) is 10.00. The Morgan fingerprint density at radius 2 is 2.00 bits per heavy atom. The molecule has 0 aliphatic carbocycles. The summed E-state index contributed by atoms with van der Waals surface area (Å²) in [6.45, 7) is 1.45. The summed E-state index contributed by atoms with van der Waals surface area (Å²) in [7, 11) is 0.327. The SMILES string of the molecule is CC(C(=O)N(C)c1ccccc1)S(=O)CCO. The van der Waals surface area contributed by atoms with E-state index in [-0.39, 0.29) is 18.3 Å². The number of anilines is 1. The average molecular weight is 255 g/mol. The van der Waals surface area contributed by atoms with Crippen molar-refractivity contribution in [3.63, 3.8) is 0 Å². The Morgan fingerprint density at radius 3 is 2.53 bits per heavy atom. The number of hydrogen-bond acceptors (Lipinski definition) is 3. The van der Waals surface area contributed by atoms with Crippen molar-refractivity contribution in [2.75, 3.05) is 24.3 Å². The first kappa shape index (κ1) is 13.9. The van der Waals surface area contributed by atoms with Crippen molar-refractivity contribution in [1.82, 2.24) is 0 Å². The molecule has 5 heteroatoms. The average Bonchev–Trinajstić information content (AvgIpc) is 2.37. The zero-order valence-corrected chi connectivity index (χ0v) is 10.8. The molecule has 2 atom stereocenters. The molecule has 0 aliphatic heterocycles. The number of hydrogen-bond donors (Lipinski definition) is 1. The molecule has 0 aromatic heterocycles. The van der Waals surface area contributed by atoms with Gasteiger partial charge >= 0.3 is 0 Å². The summed E-state index contributed by atoms with van der Waals surface area (Å²) in [6.07, 6.45) is 0. The minimum atomic E-state index is -1.33. The quantitative estimate of drug-likeness (QED) is 0.846. The summed E-state index contributed by atoms with van der Waals surface area (Å²) in [5, 5.41) is 8.10. The van der Waals surface area contributed by atoms with Gasteiger partial charge in [0, 0.05) is 29.3 Å². The van der Waals surface area contributed by atoms with Crippen LogP contribution in [0.15, 0.2) is 30.3 Å². The van der Waals surface area contributed by atoms with E-state index in [2.05, 4.69) is 0 Å². The first-order chi connectivity index (χ1) is 8.07. The number of aliphatic hydroxyl groups excluding tert-OH is 1. The molecule has 1 aromatic carbocycles. The Hall–Kier alpha value is -1.20. The van der Waals surface area contributed by atoms with E-state index >= 15 is 0 Å². The molecule has 2 unspecified atom stereocenters. The molecule has 94 valence electrons. The van der Waals surface area contributed by atoms with Gasteiger partial charge in [0.05, 0.1) is 6.61 Å². The highest BCUT2D eigenvalue weighted by molar-refractivity contribution is 7.86. The lowest BCUT2D eigenvalue weighted by molar-refractivity contribution is -0.117. The third-order valence-electron chi connectivity index (χ3n) is 2.51. The lowest BCUT2D eigenvalue weighted by atomic mass is 10.3. The molecule has 0 bridgehead atoms. The van der Waals surface area contributed by atoms with Gasteiger partial charge in [0.2, 0.25) is 5.91 Å². The molecule has 0 saturated carbocycles.